The monoisotopic (exact) mass is 309 g/mol. The number of ether oxygens (including phenoxy) is 1. The van der Waals surface area contributed by atoms with E-state index in [1.807, 2.05) is 13.8 Å². The minimum atomic E-state index is -3.58. The lowest BCUT2D eigenvalue weighted by Crippen LogP contribution is -2.23. The van der Waals surface area contributed by atoms with Crippen LogP contribution < -0.4 is 9.46 Å². The van der Waals surface area contributed by atoms with Crippen molar-refractivity contribution in [1.29, 1.82) is 0 Å². The van der Waals surface area contributed by atoms with Crippen molar-refractivity contribution in [2.24, 2.45) is 0 Å². The molecule has 21 heavy (non-hydrogen) atoms. The molecule has 0 atom stereocenters. The zero-order valence-electron chi connectivity index (χ0n) is 12.3. The average Bonchev–Trinajstić information content (AvgIpc) is 2.97. The van der Waals surface area contributed by atoms with E-state index < -0.39 is 10.0 Å². The van der Waals surface area contributed by atoms with Gasteiger partial charge in [-0.25, -0.2) is 13.1 Å². The van der Waals surface area contributed by atoms with Gasteiger partial charge in [0.15, 0.2) is 0 Å². The van der Waals surface area contributed by atoms with Gasteiger partial charge in [0.2, 0.25) is 10.0 Å². The zero-order valence-corrected chi connectivity index (χ0v) is 13.1. The summed E-state index contributed by atoms with van der Waals surface area (Å²) in [4.78, 5) is 0.221. The van der Waals surface area contributed by atoms with Gasteiger partial charge in [0, 0.05) is 0 Å². The highest BCUT2D eigenvalue weighted by Crippen LogP contribution is 2.28. The first-order chi connectivity index (χ1) is 9.94. The van der Waals surface area contributed by atoms with Gasteiger partial charge in [0.05, 0.1) is 24.8 Å². The molecular formula is C15H19NO4S. The molecule has 5 nitrogen and oxygen atoms in total. The predicted molar refractivity (Wildman–Crippen MR) is 79.8 cm³/mol. The van der Waals surface area contributed by atoms with E-state index in [1.54, 1.807) is 31.4 Å². The molecule has 0 radical (unpaired) electrons. The number of hydrogen-bond acceptors (Lipinski definition) is 4. The van der Waals surface area contributed by atoms with Crippen molar-refractivity contribution in [3.63, 3.8) is 0 Å². The third-order valence-electron chi connectivity index (χ3n) is 3.15. The van der Waals surface area contributed by atoms with E-state index in [0.29, 0.717) is 11.5 Å². The third kappa shape index (κ3) is 3.65. The van der Waals surface area contributed by atoms with Crippen LogP contribution in [0.3, 0.4) is 0 Å². The number of rotatable bonds is 6. The summed E-state index contributed by atoms with van der Waals surface area (Å²) in [6, 6.07) is 8.30. The maximum Gasteiger partial charge on any atom is 0.240 e. The van der Waals surface area contributed by atoms with E-state index in [2.05, 4.69) is 4.72 Å². The first-order valence-electron chi connectivity index (χ1n) is 6.64. The summed E-state index contributed by atoms with van der Waals surface area (Å²) in [7, 11) is -2.01. The SMILES string of the molecule is COc1ccc(S(=O)(=O)NCc2ccco2)cc1C(C)C. The molecule has 1 heterocycles. The predicted octanol–water partition coefficient (Wildman–Crippen LogP) is 2.89. The Balaban J connectivity index is 2.25. The van der Waals surface area contributed by atoms with Crippen molar-refractivity contribution >= 4 is 10.0 Å². The maximum atomic E-state index is 12.3. The van der Waals surface area contributed by atoms with Gasteiger partial charge in [0.1, 0.15) is 11.5 Å². The van der Waals surface area contributed by atoms with Crippen LogP contribution in [0.4, 0.5) is 0 Å². The van der Waals surface area contributed by atoms with Crippen LogP contribution in [-0.4, -0.2) is 15.5 Å². The van der Waals surface area contributed by atoms with Gasteiger partial charge in [-0.15, -0.1) is 0 Å². The molecular weight excluding hydrogens is 290 g/mol. The van der Waals surface area contributed by atoms with E-state index in [-0.39, 0.29) is 17.4 Å². The quantitative estimate of drug-likeness (QED) is 0.891. The van der Waals surface area contributed by atoms with Crippen LogP contribution in [0.1, 0.15) is 31.1 Å². The lowest BCUT2D eigenvalue weighted by atomic mass is 10.0. The summed E-state index contributed by atoms with van der Waals surface area (Å²) in [6.07, 6.45) is 1.51. The number of furan rings is 1. The van der Waals surface area contributed by atoms with E-state index >= 15 is 0 Å². The van der Waals surface area contributed by atoms with Gasteiger partial charge in [-0.3, -0.25) is 0 Å². The molecule has 0 aliphatic heterocycles. The number of nitrogens with one attached hydrogen (secondary N) is 1. The fraction of sp³-hybridized carbons (Fsp3) is 0.333. The summed E-state index contributed by atoms with van der Waals surface area (Å²) < 4.78 is 37.5. The minimum Gasteiger partial charge on any atom is -0.496 e. The summed E-state index contributed by atoms with van der Waals surface area (Å²) >= 11 is 0. The van der Waals surface area contributed by atoms with Crippen LogP contribution in [0, 0.1) is 0 Å². The maximum absolute atomic E-state index is 12.3. The Morgan fingerprint density at radius 1 is 1.29 bits per heavy atom. The lowest BCUT2D eigenvalue weighted by molar-refractivity contribution is 0.407. The fourth-order valence-corrected chi connectivity index (χ4v) is 3.02. The molecule has 0 spiro atoms. The number of benzene rings is 1. The Hall–Kier alpha value is -1.79. The summed E-state index contributed by atoms with van der Waals surface area (Å²) in [5.41, 5.74) is 0.860. The molecule has 0 amide bonds. The zero-order chi connectivity index (χ0) is 15.5. The highest BCUT2D eigenvalue weighted by Gasteiger charge is 2.18. The van der Waals surface area contributed by atoms with E-state index in [0.717, 1.165) is 5.56 Å². The largest absolute Gasteiger partial charge is 0.496 e. The second kappa shape index (κ2) is 6.32. The standard InChI is InChI=1S/C15H19NO4S/c1-11(2)14-9-13(6-7-15(14)19-3)21(17,18)16-10-12-5-4-8-20-12/h4-9,11,16H,10H2,1-3H3. The van der Waals surface area contributed by atoms with Crippen LogP contribution in [0.2, 0.25) is 0 Å². The topological polar surface area (TPSA) is 68.5 Å². The normalized spacial score (nSPS) is 11.8. The first-order valence-corrected chi connectivity index (χ1v) is 8.12. The van der Waals surface area contributed by atoms with Crippen molar-refractivity contribution in [2.45, 2.75) is 31.2 Å². The molecule has 0 fully saturated rings. The fourth-order valence-electron chi connectivity index (χ4n) is 1.99. The van der Waals surface area contributed by atoms with Crippen LogP contribution in [0.25, 0.3) is 0 Å². The van der Waals surface area contributed by atoms with E-state index in [4.69, 9.17) is 9.15 Å². The molecule has 1 aromatic heterocycles. The molecule has 1 N–H and O–H groups in total. The molecule has 0 saturated heterocycles. The molecule has 0 saturated carbocycles. The highest BCUT2D eigenvalue weighted by molar-refractivity contribution is 7.89. The molecule has 0 aliphatic rings. The van der Waals surface area contributed by atoms with Gasteiger partial charge >= 0.3 is 0 Å². The average molecular weight is 309 g/mol. The second-order valence-corrected chi connectivity index (χ2v) is 6.73. The molecule has 1 aromatic carbocycles. The molecule has 0 bridgehead atoms. The Kier molecular flexibility index (Phi) is 4.69. The van der Waals surface area contributed by atoms with Crippen molar-refractivity contribution < 1.29 is 17.6 Å². The summed E-state index contributed by atoms with van der Waals surface area (Å²) in [5, 5.41) is 0. The van der Waals surface area contributed by atoms with Crippen molar-refractivity contribution in [2.75, 3.05) is 7.11 Å². The van der Waals surface area contributed by atoms with Gasteiger partial charge in [-0.05, 0) is 41.8 Å². The molecule has 0 unspecified atom stereocenters. The smallest absolute Gasteiger partial charge is 0.240 e. The molecule has 0 aliphatic carbocycles. The van der Waals surface area contributed by atoms with Gasteiger partial charge in [0.25, 0.3) is 0 Å². The van der Waals surface area contributed by atoms with Crippen molar-refractivity contribution in [3.05, 3.63) is 47.9 Å². The van der Waals surface area contributed by atoms with E-state index in [1.165, 1.54) is 12.3 Å². The van der Waals surface area contributed by atoms with Crippen LogP contribution in [0.5, 0.6) is 5.75 Å². The van der Waals surface area contributed by atoms with Gasteiger partial charge in [-0.2, -0.15) is 0 Å². The molecule has 114 valence electrons. The Morgan fingerprint density at radius 2 is 2.05 bits per heavy atom. The van der Waals surface area contributed by atoms with Crippen LogP contribution >= 0.6 is 0 Å². The Morgan fingerprint density at radius 3 is 2.62 bits per heavy atom. The second-order valence-electron chi connectivity index (χ2n) is 4.96. The first kappa shape index (κ1) is 15.6. The van der Waals surface area contributed by atoms with Crippen LogP contribution in [0.15, 0.2) is 45.9 Å². The van der Waals surface area contributed by atoms with Crippen LogP contribution in [-0.2, 0) is 16.6 Å². The summed E-state index contributed by atoms with van der Waals surface area (Å²) in [6.45, 7) is 4.10. The Labute approximate surface area is 125 Å². The van der Waals surface area contributed by atoms with E-state index in [9.17, 15) is 8.42 Å². The van der Waals surface area contributed by atoms with Crippen molar-refractivity contribution in [1.82, 2.24) is 4.72 Å². The Bertz CT molecular complexity index is 690. The van der Waals surface area contributed by atoms with Gasteiger partial charge < -0.3 is 9.15 Å². The minimum absolute atomic E-state index is 0.123. The number of hydrogen-bond donors (Lipinski definition) is 1. The molecule has 2 aromatic rings. The molecule has 2 rings (SSSR count). The van der Waals surface area contributed by atoms with Crippen molar-refractivity contribution in [3.8, 4) is 5.75 Å². The number of methoxy groups -OCH3 is 1. The highest BCUT2D eigenvalue weighted by atomic mass is 32.2. The lowest BCUT2D eigenvalue weighted by Gasteiger charge is -2.14. The molecule has 6 heteroatoms. The summed E-state index contributed by atoms with van der Waals surface area (Å²) in [5.74, 6) is 1.42. The number of sulfonamides is 1. The van der Waals surface area contributed by atoms with Gasteiger partial charge in [-0.1, -0.05) is 13.8 Å². The third-order valence-corrected chi connectivity index (χ3v) is 4.55.